The highest BCUT2D eigenvalue weighted by molar-refractivity contribution is 9.10. The van der Waals surface area contributed by atoms with Gasteiger partial charge in [0.15, 0.2) is 6.29 Å². The highest BCUT2D eigenvalue weighted by Gasteiger charge is 2.07. The van der Waals surface area contributed by atoms with Crippen LogP contribution in [0.15, 0.2) is 22.7 Å². The van der Waals surface area contributed by atoms with Crippen molar-refractivity contribution in [2.45, 2.75) is 19.4 Å². The van der Waals surface area contributed by atoms with Gasteiger partial charge < -0.3 is 9.84 Å². The van der Waals surface area contributed by atoms with Crippen molar-refractivity contribution in [3.63, 3.8) is 0 Å². The molecule has 0 aliphatic heterocycles. The lowest BCUT2D eigenvalue weighted by Crippen LogP contribution is -2.16. The summed E-state index contributed by atoms with van der Waals surface area (Å²) in [6.07, 6.45) is 0.926. The molecule has 0 amide bonds. The van der Waals surface area contributed by atoms with E-state index >= 15 is 0 Å². The molecule has 0 heterocycles. The molecule has 0 fully saturated rings. The molecule has 0 spiro atoms. The van der Waals surface area contributed by atoms with Crippen molar-refractivity contribution in [1.82, 2.24) is 0 Å². The quantitative estimate of drug-likeness (QED) is 0.838. The second-order valence-electron chi connectivity index (χ2n) is 3.15. The summed E-state index contributed by atoms with van der Waals surface area (Å²) in [5, 5.41) is 9.33. The maximum absolute atomic E-state index is 10.6. The van der Waals surface area contributed by atoms with Crippen molar-refractivity contribution in [3.8, 4) is 5.75 Å². The van der Waals surface area contributed by atoms with Crippen LogP contribution < -0.4 is 4.74 Å². The van der Waals surface area contributed by atoms with Crippen molar-refractivity contribution in [2.24, 2.45) is 0 Å². The van der Waals surface area contributed by atoms with Crippen molar-refractivity contribution in [2.75, 3.05) is 6.61 Å². The standard InChI is InChI=1S/C11H13BrO3/c1-2-9(14)7-15-10-5-3-4-8(6-13)11(10)12/h3-6,9,14H,2,7H2,1H3. The zero-order valence-corrected chi connectivity index (χ0v) is 10.0. The molecule has 4 heteroatoms. The van der Waals surface area contributed by atoms with Gasteiger partial charge in [-0.1, -0.05) is 19.1 Å². The van der Waals surface area contributed by atoms with Gasteiger partial charge in [-0.05, 0) is 28.4 Å². The molecule has 1 N–H and O–H groups in total. The van der Waals surface area contributed by atoms with Crippen molar-refractivity contribution in [1.29, 1.82) is 0 Å². The summed E-state index contributed by atoms with van der Waals surface area (Å²) < 4.78 is 6.00. The van der Waals surface area contributed by atoms with Crippen LogP contribution >= 0.6 is 15.9 Å². The highest BCUT2D eigenvalue weighted by Crippen LogP contribution is 2.27. The first-order valence-corrected chi connectivity index (χ1v) is 5.52. The topological polar surface area (TPSA) is 46.5 Å². The van der Waals surface area contributed by atoms with Crippen LogP contribution in [0.25, 0.3) is 0 Å². The average molecular weight is 273 g/mol. The zero-order valence-electron chi connectivity index (χ0n) is 8.44. The molecule has 1 aromatic rings. The van der Waals surface area contributed by atoms with Gasteiger partial charge in [-0.15, -0.1) is 0 Å². The molecule has 1 rings (SSSR count). The largest absolute Gasteiger partial charge is 0.490 e. The van der Waals surface area contributed by atoms with E-state index in [-0.39, 0.29) is 6.61 Å². The number of hydrogen-bond donors (Lipinski definition) is 1. The van der Waals surface area contributed by atoms with Gasteiger partial charge in [0.25, 0.3) is 0 Å². The van der Waals surface area contributed by atoms with E-state index < -0.39 is 6.10 Å². The molecule has 3 nitrogen and oxygen atoms in total. The number of halogens is 1. The van der Waals surface area contributed by atoms with Crippen molar-refractivity contribution < 1.29 is 14.6 Å². The number of aliphatic hydroxyl groups is 1. The predicted octanol–water partition coefficient (Wildman–Crippen LogP) is 2.41. The van der Waals surface area contributed by atoms with Crippen LogP contribution in [0.1, 0.15) is 23.7 Å². The summed E-state index contributed by atoms with van der Waals surface area (Å²) in [6, 6.07) is 5.18. The summed E-state index contributed by atoms with van der Waals surface area (Å²) in [5.74, 6) is 0.576. The summed E-state index contributed by atoms with van der Waals surface area (Å²) in [4.78, 5) is 10.6. The van der Waals surface area contributed by atoms with Gasteiger partial charge in [0.2, 0.25) is 0 Å². The third-order valence-electron chi connectivity index (χ3n) is 2.02. The van der Waals surface area contributed by atoms with Crippen LogP contribution in [0.2, 0.25) is 0 Å². The molecule has 1 aromatic carbocycles. The summed E-state index contributed by atoms with van der Waals surface area (Å²) in [6.45, 7) is 2.11. The number of carbonyl (C=O) groups is 1. The molecule has 0 bridgehead atoms. The Balaban J connectivity index is 2.73. The van der Waals surface area contributed by atoms with E-state index in [2.05, 4.69) is 15.9 Å². The van der Waals surface area contributed by atoms with E-state index in [1.165, 1.54) is 0 Å². The SMILES string of the molecule is CCC(O)COc1cccc(C=O)c1Br. The fraction of sp³-hybridized carbons (Fsp3) is 0.364. The molecule has 0 aromatic heterocycles. The minimum atomic E-state index is -0.475. The van der Waals surface area contributed by atoms with Gasteiger partial charge in [0, 0.05) is 5.56 Å². The lowest BCUT2D eigenvalue weighted by atomic mass is 10.2. The van der Waals surface area contributed by atoms with Crippen molar-refractivity contribution >= 4 is 22.2 Å². The number of hydrogen-bond acceptors (Lipinski definition) is 3. The van der Waals surface area contributed by atoms with Crippen LogP contribution in [0.3, 0.4) is 0 Å². The molecule has 0 saturated heterocycles. The lowest BCUT2D eigenvalue weighted by Gasteiger charge is -2.12. The average Bonchev–Trinajstić information content (AvgIpc) is 2.27. The highest BCUT2D eigenvalue weighted by atomic mass is 79.9. The monoisotopic (exact) mass is 272 g/mol. The first-order valence-electron chi connectivity index (χ1n) is 4.73. The first-order chi connectivity index (χ1) is 7.19. The Labute approximate surface area is 97.2 Å². The number of benzene rings is 1. The molecule has 0 saturated carbocycles. The Morgan fingerprint density at radius 1 is 1.60 bits per heavy atom. The Hall–Kier alpha value is -0.870. The number of rotatable bonds is 5. The summed E-state index contributed by atoms with van der Waals surface area (Å²) in [5.41, 5.74) is 0.540. The number of carbonyl (C=O) groups excluding carboxylic acids is 1. The van der Waals surface area contributed by atoms with Gasteiger partial charge in [0.1, 0.15) is 12.4 Å². The fourth-order valence-electron chi connectivity index (χ4n) is 1.03. The van der Waals surface area contributed by atoms with Gasteiger partial charge in [-0.2, -0.15) is 0 Å². The van der Waals surface area contributed by atoms with Crippen LogP contribution in [-0.4, -0.2) is 24.1 Å². The van der Waals surface area contributed by atoms with E-state index in [9.17, 15) is 9.90 Å². The molecule has 15 heavy (non-hydrogen) atoms. The van der Waals surface area contributed by atoms with Crippen LogP contribution in [0, 0.1) is 0 Å². The molecule has 1 atom stereocenters. The summed E-state index contributed by atoms with van der Waals surface area (Å²) >= 11 is 3.28. The number of aldehydes is 1. The van der Waals surface area contributed by atoms with E-state index in [1.54, 1.807) is 18.2 Å². The van der Waals surface area contributed by atoms with E-state index in [4.69, 9.17) is 4.74 Å². The summed E-state index contributed by atoms with van der Waals surface area (Å²) in [7, 11) is 0. The van der Waals surface area contributed by atoms with Crippen LogP contribution in [0.5, 0.6) is 5.75 Å². The minimum absolute atomic E-state index is 0.234. The van der Waals surface area contributed by atoms with E-state index in [1.807, 2.05) is 6.92 Å². The molecule has 0 aliphatic carbocycles. The third-order valence-corrected chi connectivity index (χ3v) is 2.87. The maximum Gasteiger partial charge on any atom is 0.151 e. The molecule has 0 aliphatic rings. The maximum atomic E-state index is 10.6. The predicted molar refractivity (Wildman–Crippen MR) is 61.3 cm³/mol. The molecular weight excluding hydrogens is 260 g/mol. The number of ether oxygens (including phenoxy) is 1. The normalized spacial score (nSPS) is 12.2. The van der Waals surface area contributed by atoms with E-state index in [0.29, 0.717) is 22.2 Å². The second kappa shape index (κ2) is 5.88. The second-order valence-corrected chi connectivity index (χ2v) is 3.94. The van der Waals surface area contributed by atoms with Crippen LogP contribution in [0.4, 0.5) is 0 Å². The van der Waals surface area contributed by atoms with Gasteiger partial charge >= 0.3 is 0 Å². The smallest absolute Gasteiger partial charge is 0.151 e. The molecule has 1 unspecified atom stereocenters. The fourth-order valence-corrected chi connectivity index (χ4v) is 1.51. The van der Waals surface area contributed by atoms with Gasteiger partial charge in [-0.3, -0.25) is 4.79 Å². The Morgan fingerprint density at radius 2 is 2.33 bits per heavy atom. The van der Waals surface area contributed by atoms with Crippen LogP contribution in [-0.2, 0) is 0 Å². The molecule has 0 radical (unpaired) electrons. The zero-order chi connectivity index (χ0) is 11.3. The third kappa shape index (κ3) is 3.32. The Bertz CT molecular complexity index is 339. The molecule has 82 valence electrons. The Kier molecular flexibility index (Phi) is 4.78. The van der Waals surface area contributed by atoms with Gasteiger partial charge in [-0.25, -0.2) is 0 Å². The lowest BCUT2D eigenvalue weighted by molar-refractivity contribution is 0.104. The first kappa shape index (κ1) is 12.2. The Morgan fingerprint density at radius 3 is 2.93 bits per heavy atom. The number of aliphatic hydroxyl groups excluding tert-OH is 1. The minimum Gasteiger partial charge on any atom is -0.490 e. The molecular formula is C11H13BrO3. The van der Waals surface area contributed by atoms with Crippen molar-refractivity contribution in [3.05, 3.63) is 28.2 Å². The van der Waals surface area contributed by atoms with Gasteiger partial charge in [0.05, 0.1) is 10.6 Å². The van der Waals surface area contributed by atoms with E-state index in [0.717, 1.165) is 6.29 Å².